The molecule has 5 rings (SSSR count). The van der Waals surface area contributed by atoms with Crippen molar-refractivity contribution in [1.82, 2.24) is 35.0 Å². The number of hydrogen-bond acceptors (Lipinski definition) is 7. The summed E-state index contributed by atoms with van der Waals surface area (Å²) in [6, 6.07) is 10.5. The van der Waals surface area contributed by atoms with Crippen LogP contribution in [0, 0.1) is 0 Å². The van der Waals surface area contributed by atoms with Crippen LogP contribution in [0.1, 0.15) is 56.1 Å². The Balaban J connectivity index is 1.41. The van der Waals surface area contributed by atoms with Crippen molar-refractivity contribution < 1.29 is 0 Å². The average molecular weight is 397 g/mol. The van der Waals surface area contributed by atoms with E-state index in [4.69, 9.17) is 0 Å². The second-order valence-electron chi connectivity index (χ2n) is 7.48. The highest BCUT2D eigenvalue weighted by molar-refractivity contribution is 7.99. The first kappa shape index (κ1) is 17.7. The predicted molar refractivity (Wildman–Crippen MR) is 108 cm³/mol. The van der Waals surface area contributed by atoms with Crippen LogP contribution in [0.25, 0.3) is 5.69 Å². The quantitative estimate of drug-likeness (QED) is 0.591. The molecule has 2 aromatic heterocycles. The van der Waals surface area contributed by atoms with E-state index in [1.807, 2.05) is 30.3 Å². The summed E-state index contributed by atoms with van der Waals surface area (Å²) in [7, 11) is 0. The van der Waals surface area contributed by atoms with Crippen LogP contribution in [0.15, 0.2) is 35.5 Å². The number of thioether (sulfide) groups is 1. The van der Waals surface area contributed by atoms with Gasteiger partial charge in [-0.2, -0.15) is 4.68 Å². The molecule has 0 unspecified atom stereocenters. The molecule has 1 aromatic carbocycles. The summed E-state index contributed by atoms with van der Waals surface area (Å²) in [5.41, 5.74) is 0.965. The van der Waals surface area contributed by atoms with Gasteiger partial charge in [0.15, 0.2) is 11.0 Å². The molecule has 3 aromatic rings. The Hall–Kier alpha value is -2.42. The van der Waals surface area contributed by atoms with Crippen LogP contribution in [0.4, 0.5) is 5.95 Å². The second kappa shape index (κ2) is 7.54. The topological polar surface area (TPSA) is 77.6 Å². The van der Waals surface area contributed by atoms with Gasteiger partial charge in [0.1, 0.15) is 0 Å². The van der Waals surface area contributed by atoms with Gasteiger partial charge in [0.05, 0.1) is 10.9 Å². The van der Waals surface area contributed by atoms with E-state index in [0.29, 0.717) is 6.04 Å². The zero-order valence-electron chi connectivity index (χ0n) is 16.0. The standard InChI is InChI=1S/C19H24N8S/c1-14(17-20-23-24-27(17)16-8-4-2-5-9-16)28-19-22-21-18(26(19)15-10-11-15)25-12-6-3-7-13-25/h2,4-5,8-9,14-15H,3,6-7,10-13H2,1H3/t14-/m1/s1. The van der Waals surface area contributed by atoms with Gasteiger partial charge in [-0.1, -0.05) is 30.0 Å². The van der Waals surface area contributed by atoms with Crippen LogP contribution in [0.2, 0.25) is 0 Å². The van der Waals surface area contributed by atoms with Gasteiger partial charge in [0, 0.05) is 19.1 Å². The van der Waals surface area contributed by atoms with Crippen molar-refractivity contribution in [3.63, 3.8) is 0 Å². The third kappa shape index (κ3) is 3.39. The van der Waals surface area contributed by atoms with Crippen molar-refractivity contribution in [3.8, 4) is 5.69 Å². The minimum absolute atomic E-state index is 0.0612. The molecular weight excluding hydrogens is 372 g/mol. The number of nitrogens with zero attached hydrogens (tertiary/aromatic N) is 8. The van der Waals surface area contributed by atoms with Crippen molar-refractivity contribution in [2.75, 3.05) is 18.0 Å². The number of benzene rings is 1. The summed E-state index contributed by atoms with van der Waals surface area (Å²) in [5, 5.41) is 22.6. The Kier molecular flexibility index (Phi) is 4.76. The molecule has 2 fully saturated rings. The maximum Gasteiger partial charge on any atom is 0.228 e. The molecule has 8 nitrogen and oxygen atoms in total. The molecule has 28 heavy (non-hydrogen) atoms. The van der Waals surface area contributed by atoms with Gasteiger partial charge in [0.25, 0.3) is 0 Å². The molecule has 1 atom stereocenters. The minimum atomic E-state index is 0.0612. The first-order chi connectivity index (χ1) is 13.8. The van der Waals surface area contributed by atoms with Crippen molar-refractivity contribution in [3.05, 3.63) is 36.2 Å². The fraction of sp³-hybridized carbons (Fsp3) is 0.526. The number of aromatic nitrogens is 7. The highest BCUT2D eigenvalue weighted by atomic mass is 32.2. The molecule has 2 aliphatic rings. The first-order valence-corrected chi connectivity index (χ1v) is 10.9. The molecule has 0 radical (unpaired) electrons. The number of hydrogen-bond donors (Lipinski definition) is 0. The highest BCUT2D eigenvalue weighted by Crippen LogP contribution is 2.44. The highest BCUT2D eigenvalue weighted by Gasteiger charge is 2.33. The molecular formula is C19H24N8S. The maximum atomic E-state index is 4.58. The molecule has 0 bridgehead atoms. The monoisotopic (exact) mass is 396 g/mol. The van der Waals surface area contributed by atoms with Crippen LogP contribution >= 0.6 is 11.8 Å². The van der Waals surface area contributed by atoms with Crippen LogP contribution in [-0.2, 0) is 0 Å². The Morgan fingerprint density at radius 3 is 2.54 bits per heavy atom. The minimum Gasteiger partial charge on any atom is -0.341 e. The molecule has 146 valence electrons. The normalized spacial score (nSPS) is 18.4. The number of anilines is 1. The second-order valence-corrected chi connectivity index (χ2v) is 8.78. The summed E-state index contributed by atoms with van der Waals surface area (Å²) in [6.45, 7) is 4.29. The van der Waals surface area contributed by atoms with E-state index >= 15 is 0 Å². The summed E-state index contributed by atoms with van der Waals surface area (Å²) in [6.07, 6.45) is 6.21. The van der Waals surface area contributed by atoms with E-state index in [9.17, 15) is 0 Å². The molecule has 3 heterocycles. The van der Waals surface area contributed by atoms with Crippen LogP contribution in [0.3, 0.4) is 0 Å². The number of tetrazole rings is 1. The fourth-order valence-corrected chi connectivity index (χ4v) is 4.72. The Labute approximate surface area is 168 Å². The lowest BCUT2D eigenvalue weighted by Gasteiger charge is -2.28. The smallest absolute Gasteiger partial charge is 0.228 e. The SMILES string of the molecule is C[C@@H](Sc1nnc(N2CCCCC2)n1C1CC1)c1nnnn1-c1ccccc1. The largest absolute Gasteiger partial charge is 0.341 e. The third-order valence-corrected chi connectivity index (χ3v) is 6.39. The van der Waals surface area contributed by atoms with Crippen molar-refractivity contribution in [1.29, 1.82) is 0 Å². The van der Waals surface area contributed by atoms with Gasteiger partial charge in [-0.25, -0.2) is 0 Å². The Morgan fingerprint density at radius 2 is 1.79 bits per heavy atom. The number of rotatable bonds is 6. The fourth-order valence-electron chi connectivity index (χ4n) is 3.72. The van der Waals surface area contributed by atoms with Gasteiger partial charge in [-0.05, 0) is 61.6 Å². The van der Waals surface area contributed by atoms with Gasteiger partial charge in [-0.15, -0.1) is 15.3 Å². The predicted octanol–water partition coefficient (Wildman–Crippen LogP) is 3.43. The molecule has 0 amide bonds. The molecule has 0 spiro atoms. The summed E-state index contributed by atoms with van der Waals surface area (Å²) >= 11 is 1.69. The zero-order chi connectivity index (χ0) is 18.9. The van der Waals surface area contributed by atoms with Gasteiger partial charge in [0.2, 0.25) is 5.95 Å². The summed E-state index contributed by atoms with van der Waals surface area (Å²) in [5.74, 6) is 1.86. The van der Waals surface area contributed by atoms with Crippen LogP contribution in [0.5, 0.6) is 0 Å². The van der Waals surface area contributed by atoms with E-state index < -0.39 is 0 Å². The average Bonchev–Trinajstić information content (AvgIpc) is 3.30. The van der Waals surface area contributed by atoms with Crippen LogP contribution in [-0.4, -0.2) is 48.1 Å². The van der Waals surface area contributed by atoms with Crippen molar-refractivity contribution in [2.45, 2.75) is 55.5 Å². The lowest BCUT2D eigenvalue weighted by molar-refractivity contribution is 0.548. The van der Waals surface area contributed by atoms with Gasteiger partial charge >= 0.3 is 0 Å². The third-order valence-electron chi connectivity index (χ3n) is 5.34. The number of para-hydroxylation sites is 1. The maximum absolute atomic E-state index is 4.58. The van der Waals surface area contributed by atoms with E-state index in [1.54, 1.807) is 16.4 Å². The summed E-state index contributed by atoms with van der Waals surface area (Å²) < 4.78 is 4.16. The molecule has 1 aliphatic heterocycles. The molecule has 1 aliphatic carbocycles. The first-order valence-electron chi connectivity index (χ1n) is 10.0. The van der Waals surface area contributed by atoms with E-state index in [-0.39, 0.29) is 5.25 Å². The van der Waals surface area contributed by atoms with E-state index in [2.05, 4.69) is 42.1 Å². The van der Waals surface area contributed by atoms with Crippen molar-refractivity contribution in [2.24, 2.45) is 0 Å². The Morgan fingerprint density at radius 1 is 1.00 bits per heavy atom. The lowest BCUT2D eigenvalue weighted by atomic mass is 10.1. The molecule has 1 saturated carbocycles. The van der Waals surface area contributed by atoms with E-state index in [1.165, 1.54) is 32.1 Å². The zero-order valence-corrected chi connectivity index (χ0v) is 16.8. The lowest BCUT2D eigenvalue weighted by Crippen LogP contribution is -2.31. The van der Waals surface area contributed by atoms with Crippen LogP contribution < -0.4 is 4.90 Å². The number of piperidine rings is 1. The molecule has 1 saturated heterocycles. The van der Waals surface area contributed by atoms with E-state index in [0.717, 1.165) is 35.7 Å². The van der Waals surface area contributed by atoms with Gasteiger partial charge in [-0.3, -0.25) is 4.57 Å². The van der Waals surface area contributed by atoms with Crippen molar-refractivity contribution >= 4 is 17.7 Å². The molecule has 9 heteroatoms. The Bertz CT molecular complexity index is 927. The van der Waals surface area contributed by atoms with Gasteiger partial charge < -0.3 is 4.90 Å². The summed E-state index contributed by atoms with van der Waals surface area (Å²) in [4.78, 5) is 2.40. The molecule has 0 N–H and O–H groups in total.